The first-order valence-electron chi connectivity index (χ1n) is 9.68. The molecule has 2 N–H and O–H groups in total. The molecule has 0 bridgehead atoms. The molecular weight excluding hydrogens is 475 g/mol. The second-order valence-electron chi connectivity index (χ2n) is 7.45. The maximum absolute atomic E-state index is 13.4. The molecule has 3 heterocycles. The Kier molecular flexibility index (Phi) is 6.33. The number of likely N-dealkylation sites (N-methyl/N-ethyl adjacent to an activating group) is 1. The zero-order valence-electron chi connectivity index (χ0n) is 17.2. The number of hydrogen-bond donors (Lipinski definition) is 2. The van der Waals surface area contributed by atoms with Gasteiger partial charge in [-0.25, -0.2) is 4.39 Å². The van der Waals surface area contributed by atoms with E-state index in [2.05, 4.69) is 15.0 Å². The van der Waals surface area contributed by atoms with Gasteiger partial charge in [0.15, 0.2) is 0 Å². The van der Waals surface area contributed by atoms with Crippen molar-refractivity contribution in [3.05, 3.63) is 70.1 Å². The lowest BCUT2D eigenvalue weighted by atomic mass is 10.1. The van der Waals surface area contributed by atoms with E-state index in [0.29, 0.717) is 0 Å². The van der Waals surface area contributed by atoms with Gasteiger partial charge in [0.05, 0.1) is 11.1 Å². The van der Waals surface area contributed by atoms with Gasteiger partial charge in [-0.3, -0.25) is 9.78 Å². The quantitative estimate of drug-likeness (QED) is 0.570. The first-order valence-corrected chi connectivity index (χ1v) is 12.3. The third-order valence-electron chi connectivity index (χ3n) is 5.22. The minimum absolute atomic E-state index is 0.135. The first kappa shape index (κ1) is 22.8. The van der Waals surface area contributed by atoms with Crippen LogP contribution in [0.5, 0.6) is 0 Å². The van der Waals surface area contributed by atoms with Crippen LogP contribution in [0.1, 0.15) is 23.0 Å². The van der Waals surface area contributed by atoms with Crippen LogP contribution in [-0.4, -0.2) is 36.7 Å². The van der Waals surface area contributed by atoms with Crippen LogP contribution in [0.3, 0.4) is 0 Å². The van der Waals surface area contributed by atoms with Crippen molar-refractivity contribution in [3.8, 4) is 10.4 Å². The summed E-state index contributed by atoms with van der Waals surface area (Å²) in [4.78, 5) is 19.0. The van der Waals surface area contributed by atoms with Crippen molar-refractivity contribution in [2.45, 2.75) is 25.4 Å². The van der Waals surface area contributed by atoms with Gasteiger partial charge in [0.1, 0.15) is 11.9 Å². The number of aryl methyl sites for hydroxylation is 1. The summed E-state index contributed by atoms with van der Waals surface area (Å²) >= 11 is 7.22. The average molecular weight is 495 g/mol. The minimum Gasteiger partial charge on any atom is -0.325 e. The molecule has 32 heavy (non-hydrogen) atoms. The summed E-state index contributed by atoms with van der Waals surface area (Å²) in [6, 6.07) is 9.90. The number of halogens is 2. The van der Waals surface area contributed by atoms with Crippen molar-refractivity contribution >= 4 is 44.7 Å². The molecule has 1 fully saturated rings. The molecule has 4 rings (SSSR count). The molecule has 1 aromatic carbocycles. The maximum Gasteiger partial charge on any atom is 0.280 e. The Balaban J connectivity index is 1.56. The molecule has 1 aliphatic rings. The molecule has 0 aliphatic carbocycles. The van der Waals surface area contributed by atoms with Crippen LogP contribution >= 0.6 is 22.9 Å². The Bertz CT molecular complexity index is 1260. The normalized spacial score (nSPS) is 20.8. The van der Waals surface area contributed by atoms with Gasteiger partial charge < -0.3 is 5.32 Å². The summed E-state index contributed by atoms with van der Waals surface area (Å²) in [6.07, 6.45) is 2.00. The number of carbonyl (C=O) groups is 1. The summed E-state index contributed by atoms with van der Waals surface area (Å²) in [7, 11) is -2.54. The number of pyridine rings is 1. The highest BCUT2D eigenvalue weighted by atomic mass is 35.5. The standard InChI is InChI=1S/C21H20ClFN4O3S2/c1-12-3-4-13(11-24-12)19-7-8-20(31-19)17-10-18(27(2)32(29,30)26-17)21(28)25-14-5-6-16(23)15(22)9-14/h3-9,11,17-18,26H,10H2,1-2H3,(H,25,28)/t17-,18+/m1/s1. The van der Waals surface area contributed by atoms with Crippen LogP contribution in [0, 0.1) is 12.7 Å². The first-order chi connectivity index (χ1) is 15.1. The van der Waals surface area contributed by atoms with Crippen molar-refractivity contribution in [2.24, 2.45) is 0 Å². The van der Waals surface area contributed by atoms with Crippen LogP contribution in [0.4, 0.5) is 10.1 Å². The molecule has 0 radical (unpaired) electrons. The van der Waals surface area contributed by atoms with Crippen LogP contribution in [0.25, 0.3) is 10.4 Å². The molecule has 7 nitrogen and oxygen atoms in total. The smallest absolute Gasteiger partial charge is 0.280 e. The number of thiophene rings is 1. The lowest BCUT2D eigenvalue weighted by Crippen LogP contribution is -2.55. The molecule has 168 valence electrons. The molecule has 3 aromatic rings. The molecule has 1 saturated heterocycles. The number of amides is 1. The van der Waals surface area contributed by atoms with Gasteiger partial charge in [-0.15, -0.1) is 11.3 Å². The molecule has 0 spiro atoms. The molecule has 2 atom stereocenters. The Hall–Kier alpha value is -2.37. The number of nitrogens with zero attached hydrogens (tertiary/aromatic N) is 2. The largest absolute Gasteiger partial charge is 0.325 e. The van der Waals surface area contributed by atoms with Crippen molar-refractivity contribution < 1.29 is 17.6 Å². The fourth-order valence-electron chi connectivity index (χ4n) is 3.40. The van der Waals surface area contributed by atoms with Crippen LogP contribution in [-0.2, 0) is 15.0 Å². The van der Waals surface area contributed by atoms with E-state index in [4.69, 9.17) is 11.6 Å². The number of aromatic nitrogens is 1. The van der Waals surface area contributed by atoms with Gasteiger partial charge in [0, 0.05) is 39.9 Å². The van der Waals surface area contributed by atoms with Gasteiger partial charge in [-0.1, -0.05) is 17.7 Å². The van der Waals surface area contributed by atoms with Crippen LogP contribution in [0.15, 0.2) is 48.7 Å². The highest BCUT2D eigenvalue weighted by Crippen LogP contribution is 2.36. The molecule has 0 unspecified atom stereocenters. The second-order valence-corrected chi connectivity index (χ2v) is 10.7. The topological polar surface area (TPSA) is 91.4 Å². The van der Waals surface area contributed by atoms with E-state index in [1.807, 2.05) is 31.2 Å². The second kappa shape index (κ2) is 8.87. The molecule has 11 heteroatoms. The third-order valence-corrected chi connectivity index (χ3v) is 8.36. The zero-order valence-corrected chi connectivity index (χ0v) is 19.6. The van der Waals surface area contributed by atoms with Crippen molar-refractivity contribution in [1.29, 1.82) is 0 Å². The van der Waals surface area contributed by atoms with Crippen molar-refractivity contribution in [2.75, 3.05) is 12.4 Å². The summed E-state index contributed by atoms with van der Waals surface area (Å²) in [6.45, 7) is 1.90. The number of carbonyl (C=O) groups excluding carboxylic acids is 1. The third kappa shape index (κ3) is 4.69. The van der Waals surface area contributed by atoms with E-state index < -0.39 is 34.0 Å². The van der Waals surface area contributed by atoms with E-state index in [-0.39, 0.29) is 17.1 Å². The Labute approximate surface area is 194 Å². The Morgan fingerprint density at radius 3 is 2.75 bits per heavy atom. The predicted molar refractivity (Wildman–Crippen MR) is 123 cm³/mol. The predicted octanol–water partition coefficient (Wildman–Crippen LogP) is 4.13. The van der Waals surface area contributed by atoms with E-state index in [0.717, 1.165) is 31.4 Å². The number of anilines is 1. The number of nitrogens with one attached hydrogen (secondary N) is 2. The van der Waals surface area contributed by atoms with Gasteiger partial charge in [-0.2, -0.15) is 17.4 Å². The van der Waals surface area contributed by atoms with E-state index in [1.54, 1.807) is 6.20 Å². The van der Waals surface area contributed by atoms with E-state index >= 15 is 0 Å². The number of hydrogen-bond acceptors (Lipinski definition) is 5. The molecule has 1 amide bonds. The highest BCUT2D eigenvalue weighted by Gasteiger charge is 2.41. The Morgan fingerprint density at radius 1 is 1.28 bits per heavy atom. The fraction of sp³-hybridized carbons (Fsp3) is 0.238. The molecule has 1 aliphatic heterocycles. The van der Waals surface area contributed by atoms with Gasteiger partial charge >= 0.3 is 0 Å². The van der Waals surface area contributed by atoms with Crippen LogP contribution < -0.4 is 10.0 Å². The summed E-state index contributed by atoms with van der Waals surface area (Å²) in [5.74, 6) is -1.13. The summed E-state index contributed by atoms with van der Waals surface area (Å²) < 4.78 is 42.4. The lowest BCUT2D eigenvalue weighted by molar-refractivity contribution is -0.120. The van der Waals surface area contributed by atoms with Crippen molar-refractivity contribution in [3.63, 3.8) is 0 Å². The SMILES string of the molecule is Cc1ccc(-c2ccc([C@H]3C[C@@H](C(=O)Nc4ccc(F)c(Cl)c4)N(C)S(=O)(=O)N3)s2)cn1. The van der Waals surface area contributed by atoms with E-state index in [1.165, 1.54) is 30.5 Å². The minimum atomic E-state index is -3.89. The maximum atomic E-state index is 13.4. The molecule has 0 saturated carbocycles. The molecular formula is C21H20ClFN4O3S2. The summed E-state index contributed by atoms with van der Waals surface area (Å²) in [5, 5.41) is 2.49. The van der Waals surface area contributed by atoms with Gasteiger partial charge in [-0.05, 0) is 49.7 Å². The summed E-state index contributed by atoms with van der Waals surface area (Å²) in [5.41, 5.74) is 2.13. The van der Waals surface area contributed by atoms with Gasteiger partial charge in [0.2, 0.25) is 5.91 Å². The van der Waals surface area contributed by atoms with E-state index in [9.17, 15) is 17.6 Å². The average Bonchev–Trinajstić information content (AvgIpc) is 3.23. The fourth-order valence-corrected chi connectivity index (χ4v) is 5.99. The number of rotatable bonds is 4. The Morgan fingerprint density at radius 2 is 2.06 bits per heavy atom. The zero-order chi connectivity index (χ0) is 23.0. The van der Waals surface area contributed by atoms with Crippen LogP contribution in [0.2, 0.25) is 5.02 Å². The highest BCUT2D eigenvalue weighted by molar-refractivity contribution is 7.87. The number of benzene rings is 1. The lowest BCUT2D eigenvalue weighted by Gasteiger charge is -2.35. The monoisotopic (exact) mass is 494 g/mol. The van der Waals surface area contributed by atoms with Crippen molar-refractivity contribution in [1.82, 2.24) is 14.0 Å². The molecule has 2 aromatic heterocycles. The van der Waals surface area contributed by atoms with Gasteiger partial charge in [0.25, 0.3) is 10.2 Å².